The number of urea groups is 1. The number of halogens is 1. The second-order valence-electron chi connectivity index (χ2n) is 4.89. The number of carbonyl (C=O) groups is 1. The molecule has 1 aliphatic heterocycles. The summed E-state index contributed by atoms with van der Waals surface area (Å²) in [5.41, 5.74) is 7.56. The van der Waals surface area contributed by atoms with Crippen LogP contribution in [0.15, 0.2) is 24.3 Å². The van der Waals surface area contributed by atoms with Crippen molar-refractivity contribution in [1.29, 1.82) is 0 Å². The van der Waals surface area contributed by atoms with Crippen molar-refractivity contribution in [2.45, 2.75) is 13.0 Å². The van der Waals surface area contributed by atoms with Crippen LogP contribution in [0.25, 0.3) is 10.9 Å². The first-order valence-corrected chi connectivity index (χ1v) is 6.86. The number of pyridine rings is 1. The number of anilines is 1. The third-order valence-electron chi connectivity index (χ3n) is 3.41. The second-order valence-corrected chi connectivity index (χ2v) is 5.29. The van der Waals surface area contributed by atoms with Crippen LogP contribution in [0.4, 0.5) is 10.6 Å². The molecule has 5 nitrogen and oxygen atoms in total. The van der Waals surface area contributed by atoms with E-state index in [4.69, 9.17) is 17.3 Å². The number of aromatic nitrogens is 1. The van der Waals surface area contributed by atoms with Gasteiger partial charge in [-0.3, -0.25) is 4.90 Å². The van der Waals surface area contributed by atoms with E-state index < -0.39 is 0 Å². The smallest absolute Gasteiger partial charge is 0.323 e. The SMILES string of the molecule is C[C@H](N)c1cc2cccc(Cl)c2nc1N1CCNC1=O. The first-order valence-electron chi connectivity index (χ1n) is 6.48. The van der Waals surface area contributed by atoms with Gasteiger partial charge in [-0.1, -0.05) is 23.7 Å². The molecule has 3 rings (SSSR count). The highest BCUT2D eigenvalue weighted by Crippen LogP contribution is 2.31. The number of hydrogen-bond acceptors (Lipinski definition) is 3. The number of hydrogen-bond donors (Lipinski definition) is 2. The maximum absolute atomic E-state index is 11.9. The van der Waals surface area contributed by atoms with E-state index in [0.717, 1.165) is 10.9 Å². The van der Waals surface area contributed by atoms with Crippen LogP contribution in [0, 0.1) is 0 Å². The molecule has 104 valence electrons. The van der Waals surface area contributed by atoms with Gasteiger partial charge in [0.05, 0.1) is 10.5 Å². The minimum Gasteiger partial charge on any atom is -0.336 e. The Kier molecular flexibility index (Phi) is 3.23. The van der Waals surface area contributed by atoms with Gasteiger partial charge in [-0.2, -0.15) is 0 Å². The molecule has 1 aromatic heterocycles. The molecular formula is C14H15ClN4O. The fourth-order valence-electron chi connectivity index (χ4n) is 2.39. The van der Waals surface area contributed by atoms with Crippen molar-refractivity contribution in [3.63, 3.8) is 0 Å². The highest BCUT2D eigenvalue weighted by atomic mass is 35.5. The monoisotopic (exact) mass is 290 g/mol. The van der Waals surface area contributed by atoms with E-state index in [0.29, 0.717) is 29.4 Å². The van der Waals surface area contributed by atoms with Gasteiger partial charge in [-0.25, -0.2) is 9.78 Å². The fraction of sp³-hybridized carbons (Fsp3) is 0.286. The molecule has 0 radical (unpaired) electrons. The summed E-state index contributed by atoms with van der Waals surface area (Å²) in [5, 5.41) is 4.26. The van der Waals surface area contributed by atoms with Crippen LogP contribution in [0.3, 0.4) is 0 Å². The summed E-state index contributed by atoms with van der Waals surface area (Å²) >= 11 is 6.19. The minimum absolute atomic E-state index is 0.147. The zero-order chi connectivity index (χ0) is 14.3. The summed E-state index contributed by atoms with van der Waals surface area (Å²) in [6.07, 6.45) is 0. The Morgan fingerprint density at radius 3 is 2.95 bits per heavy atom. The summed E-state index contributed by atoms with van der Waals surface area (Å²) in [5.74, 6) is 0.593. The first kappa shape index (κ1) is 13.1. The quantitative estimate of drug-likeness (QED) is 0.892. The maximum Gasteiger partial charge on any atom is 0.323 e. The van der Waals surface area contributed by atoms with Crippen LogP contribution in [0.2, 0.25) is 5.02 Å². The predicted octanol–water partition coefficient (Wildman–Crippen LogP) is 2.44. The Balaban J connectivity index is 2.25. The zero-order valence-corrected chi connectivity index (χ0v) is 11.8. The second kappa shape index (κ2) is 4.92. The molecule has 1 aromatic carbocycles. The molecule has 1 saturated heterocycles. The van der Waals surface area contributed by atoms with Crippen LogP contribution < -0.4 is 16.0 Å². The highest BCUT2D eigenvalue weighted by molar-refractivity contribution is 6.35. The molecule has 3 N–H and O–H groups in total. The first-order chi connectivity index (χ1) is 9.58. The van der Waals surface area contributed by atoms with Gasteiger partial charge in [-0.05, 0) is 19.1 Å². The van der Waals surface area contributed by atoms with Gasteiger partial charge < -0.3 is 11.1 Å². The third-order valence-corrected chi connectivity index (χ3v) is 3.71. The topological polar surface area (TPSA) is 71.2 Å². The summed E-state index contributed by atoms with van der Waals surface area (Å²) in [6.45, 7) is 3.08. The Bertz CT molecular complexity index is 686. The molecule has 0 saturated carbocycles. The number of carbonyl (C=O) groups excluding carboxylic acids is 1. The third kappa shape index (κ3) is 2.09. The fourth-order valence-corrected chi connectivity index (χ4v) is 2.62. The van der Waals surface area contributed by atoms with Gasteiger partial charge in [0.1, 0.15) is 5.82 Å². The molecule has 2 aromatic rings. The molecule has 0 aliphatic carbocycles. The van der Waals surface area contributed by atoms with Crippen LogP contribution in [0.1, 0.15) is 18.5 Å². The van der Waals surface area contributed by atoms with Crippen LogP contribution >= 0.6 is 11.6 Å². The standard InChI is InChI=1S/C14H15ClN4O/c1-8(16)10-7-9-3-2-4-11(15)12(9)18-13(10)19-6-5-17-14(19)20/h2-4,7-8H,5-6,16H2,1H3,(H,17,20)/t8-/m0/s1. The van der Waals surface area contributed by atoms with Gasteiger partial charge in [0, 0.05) is 30.1 Å². The van der Waals surface area contributed by atoms with E-state index in [2.05, 4.69) is 10.3 Å². The zero-order valence-electron chi connectivity index (χ0n) is 11.1. The predicted molar refractivity (Wildman–Crippen MR) is 80.1 cm³/mol. The molecule has 1 atom stereocenters. The molecule has 20 heavy (non-hydrogen) atoms. The molecule has 0 unspecified atom stereocenters. The molecule has 0 bridgehead atoms. The average molecular weight is 291 g/mol. The van der Waals surface area contributed by atoms with Crippen molar-refractivity contribution in [2.75, 3.05) is 18.0 Å². The molecule has 2 amide bonds. The number of rotatable bonds is 2. The Labute approximate surface area is 121 Å². The van der Waals surface area contributed by atoms with Crippen molar-refractivity contribution in [3.05, 3.63) is 34.9 Å². The maximum atomic E-state index is 11.9. The number of amides is 2. The minimum atomic E-state index is -0.214. The van der Waals surface area contributed by atoms with E-state index in [9.17, 15) is 4.79 Å². The Morgan fingerprint density at radius 2 is 2.30 bits per heavy atom. The van der Waals surface area contributed by atoms with Gasteiger partial charge in [0.25, 0.3) is 0 Å². The number of nitrogens with one attached hydrogen (secondary N) is 1. The number of nitrogens with zero attached hydrogens (tertiary/aromatic N) is 2. The van der Waals surface area contributed by atoms with Crippen molar-refractivity contribution < 1.29 is 4.79 Å². The summed E-state index contributed by atoms with van der Waals surface area (Å²) in [6, 6.07) is 7.20. The number of para-hydroxylation sites is 1. The molecule has 2 heterocycles. The number of benzene rings is 1. The summed E-state index contributed by atoms with van der Waals surface area (Å²) in [7, 11) is 0. The lowest BCUT2D eigenvalue weighted by Gasteiger charge is -2.20. The van der Waals surface area contributed by atoms with E-state index in [1.807, 2.05) is 25.1 Å². The van der Waals surface area contributed by atoms with Crippen molar-refractivity contribution >= 4 is 34.4 Å². The Hall–Kier alpha value is -1.85. The average Bonchev–Trinajstić information content (AvgIpc) is 2.84. The van der Waals surface area contributed by atoms with Gasteiger partial charge in [-0.15, -0.1) is 0 Å². The van der Waals surface area contributed by atoms with E-state index in [1.165, 1.54) is 0 Å². The van der Waals surface area contributed by atoms with Crippen LogP contribution in [-0.4, -0.2) is 24.1 Å². The van der Waals surface area contributed by atoms with Crippen LogP contribution in [-0.2, 0) is 0 Å². The van der Waals surface area contributed by atoms with E-state index >= 15 is 0 Å². The molecule has 0 spiro atoms. The lowest BCUT2D eigenvalue weighted by molar-refractivity contribution is 0.252. The largest absolute Gasteiger partial charge is 0.336 e. The highest BCUT2D eigenvalue weighted by Gasteiger charge is 2.26. The van der Waals surface area contributed by atoms with Gasteiger partial charge >= 0.3 is 6.03 Å². The molecular weight excluding hydrogens is 276 g/mol. The lowest BCUT2D eigenvalue weighted by Crippen LogP contribution is -2.30. The summed E-state index contributed by atoms with van der Waals surface area (Å²) in [4.78, 5) is 18.1. The summed E-state index contributed by atoms with van der Waals surface area (Å²) < 4.78 is 0. The normalized spacial score (nSPS) is 16.6. The molecule has 1 aliphatic rings. The van der Waals surface area contributed by atoms with Crippen molar-refractivity contribution in [3.8, 4) is 0 Å². The lowest BCUT2D eigenvalue weighted by atomic mass is 10.1. The molecule has 6 heteroatoms. The van der Waals surface area contributed by atoms with Crippen LogP contribution in [0.5, 0.6) is 0 Å². The Morgan fingerprint density at radius 1 is 1.50 bits per heavy atom. The van der Waals surface area contributed by atoms with Gasteiger partial charge in [0.15, 0.2) is 0 Å². The number of nitrogens with two attached hydrogens (primary N) is 1. The van der Waals surface area contributed by atoms with Crippen molar-refractivity contribution in [2.24, 2.45) is 5.73 Å². The number of fused-ring (bicyclic) bond motifs is 1. The van der Waals surface area contributed by atoms with E-state index in [-0.39, 0.29) is 12.1 Å². The van der Waals surface area contributed by atoms with E-state index in [1.54, 1.807) is 11.0 Å². The molecule has 1 fully saturated rings. The van der Waals surface area contributed by atoms with Gasteiger partial charge in [0.2, 0.25) is 0 Å². The van der Waals surface area contributed by atoms with Crippen molar-refractivity contribution in [1.82, 2.24) is 10.3 Å².